The van der Waals surface area contributed by atoms with E-state index in [0.29, 0.717) is 0 Å². The van der Waals surface area contributed by atoms with Crippen LogP contribution in [0.2, 0.25) is 0 Å². The van der Waals surface area contributed by atoms with Crippen LogP contribution in [0, 0.1) is 23.7 Å². The van der Waals surface area contributed by atoms with Gasteiger partial charge in [-0.2, -0.15) is 0 Å². The molecule has 0 saturated heterocycles. The Hall–Kier alpha value is -0.300. The average molecular weight is 180 g/mol. The van der Waals surface area contributed by atoms with Crippen molar-refractivity contribution in [3.05, 3.63) is 12.2 Å². The van der Waals surface area contributed by atoms with Crippen molar-refractivity contribution in [1.29, 1.82) is 0 Å². The summed E-state index contributed by atoms with van der Waals surface area (Å²) in [5.74, 6) is 3.45. The maximum Gasteiger partial charge on any atom is 0.0498 e. The second-order valence-corrected chi connectivity index (χ2v) is 4.52. The zero-order chi connectivity index (χ0) is 9.26. The molecule has 0 radical (unpaired) electrons. The minimum Gasteiger partial charge on any atom is -0.384 e. The lowest BCUT2D eigenvalue weighted by Gasteiger charge is -2.27. The fourth-order valence-corrected chi connectivity index (χ4v) is 3.23. The quantitative estimate of drug-likeness (QED) is 0.604. The second kappa shape index (κ2) is 3.83. The second-order valence-electron chi connectivity index (χ2n) is 4.52. The number of fused-ring (bicyclic) bond motifs is 2. The minimum absolute atomic E-state index is 0.819. The molecule has 0 spiro atoms. The maximum atomic E-state index is 5.32. The fraction of sp³-hybridized carbons (Fsp3) is 0.833. The molecule has 1 fully saturated rings. The summed E-state index contributed by atoms with van der Waals surface area (Å²) in [5, 5.41) is 0. The molecule has 74 valence electrons. The van der Waals surface area contributed by atoms with Crippen LogP contribution in [-0.2, 0) is 4.74 Å². The summed E-state index contributed by atoms with van der Waals surface area (Å²) >= 11 is 0. The highest BCUT2D eigenvalue weighted by Crippen LogP contribution is 2.49. The van der Waals surface area contributed by atoms with Crippen molar-refractivity contribution in [2.45, 2.75) is 26.2 Å². The van der Waals surface area contributed by atoms with Gasteiger partial charge in [0.25, 0.3) is 0 Å². The molecule has 0 amide bonds. The van der Waals surface area contributed by atoms with E-state index < -0.39 is 0 Å². The fourth-order valence-electron chi connectivity index (χ4n) is 3.23. The number of ether oxygens (including phenoxy) is 1. The van der Waals surface area contributed by atoms with Gasteiger partial charge >= 0.3 is 0 Å². The van der Waals surface area contributed by atoms with E-state index in [1.165, 1.54) is 19.3 Å². The first-order valence-electron chi connectivity index (χ1n) is 5.54. The summed E-state index contributed by atoms with van der Waals surface area (Å²) in [5.41, 5.74) is 0. The summed E-state index contributed by atoms with van der Waals surface area (Å²) in [6.07, 6.45) is 8.97. The molecule has 0 heterocycles. The molecule has 1 nitrogen and oxygen atoms in total. The Morgan fingerprint density at radius 2 is 1.92 bits per heavy atom. The van der Waals surface area contributed by atoms with Crippen LogP contribution >= 0.6 is 0 Å². The van der Waals surface area contributed by atoms with Crippen molar-refractivity contribution in [2.24, 2.45) is 23.7 Å². The van der Waals surface area contributed by atoms with E-state index in [-0.39, 0.29) is 0 Å². The molecule has 2 bridgehead atoms. The standard InChI is InChI=1S/C12H20O/c1-3-4-11-9-5-6-10(7-9)12(11)8-13-2/h5-6,9-12H,3-4,7-8H2,1-2H3. The van der Waals surface area contributed by atoms with Gasteiger partial charge in [0.05, 0.1) is 0 Å². The molecule has 1 heteroatoms. The highest BCUT2D eigenvalue weighted by molar-refractivity contribution is 5.13. The van der Waals surface area contributed by atoms with Crippen LogP contribution in [0.1, 0.15) is 26.2 Å². The average Bonchev–Trinajstić information content (AvgIpc) is 2.69. The third-order valence-electron chi connectivity index (χ3n) is 3.78. The molecule has 0 aromatic heterocycles. The first kappa shape index (κ1) is 9.26. The molecule has 2 aliphatic rings. The molecular formula is C12H20O. The molecule has 4 unspecified atom stereocenters. The van der Waals surface area contributed by atoms with Gasteiger partial charge in [-0.3, -0.25) is 0 Å². The van der Waals surface area contributed by atoms with Crippen LogP contribution in [-0.4, -0.2) is 13.7 Å². The van der Waals surface area contributed by atoms with Gasteiger partial charge in [-0.25, -0.2) is 0 Å². The van der Waals surface area contributed by atoms with Gasteiger partial charge in [0, 0.05) is 13.7 Å². The van der Waals surface area contributed by atoms with E-state index in [0.717, 1.165) is 30.3 Å². The minimum atomic E-state index is 0.819. The van der Waals surface area contributed by atoms with Crippen LogP contribution in [0.25, 0.3) is 0 Å². The molecule has 2 rings (SSSR count). The first-order chi connectivity index (χ1) is 6.36. The van der Waals surface area contributed by atoms with E-state index in [4.69, 9.17) is 4.74 Å². The SMILES string of the molecule is CCCC1C2C=CC(C2)C1COC. The molecule has 1 saturated carbocycles. The van der Waals surface area contributed by atoms with Crippen LogP contribution < -0.4 is 0 Å². The topological polar surface area (TPSA) is 9.23 Å². The Balaban J connectivity index is 2.02. The van der Waals surface area contributed by atoms with Crippen molar-refractivity contribution < 1.29 is 4.74 Å². The maximum absolute atomic E-state index is 5.32. The molecular weight excluding hydrogens is 160 g/mol. The smallest absolute Gasteiger partial charge is 0.0498 e. The molecule has 0 N–H and O–H groups in total. The van der Waals surface area contributed by atoms with Crippen LogP contribution in [0.3, 0.4) is 0 Å². The number of hydrogen-bond donors (Lipinski definition) is 0. The van der Waals surface area contributed by atoms with E-state index >= 15 is 0 Å². The van der Waals surface area contributed by atoms with Gasteiger partial charge in [0.1, 0.15) is 0 Å². The number of rotatable bonds is 4. The van der Waals surface area contributed by atoms with Crippen molar-refractivity contribution >= 4 is 0 Å². The summed E-state index contributed by atoms with van der Waals surface area (Å²) < 4.78 is 5.32. The Bertz CT molecular complexity index is 177. The van der Waals surface area contributed by atoms with Gasteiger partial charge < -0.3 is 4.74 Å². The lowest BCUT2D eigenvalue weighted by atomic mass is 9.81. The van der Waals surface area contributed by atoms with Crippen molar-refractivity contribution in [3.63, 3.8) is 0 Å². The molecule has 4 atom stereocenters. The highest BCUT2D eigenvalue weighted by atomic mass is 16.5. The molecule has 0 aromatic rings. The number of hydrogen-bond acceptors (Lipinski definition) is 1. The van der Waals surface area contributed by atoms with Crippen molar-refractivity contribution in [2.75, 3.05) is 13.7 Å². The van der Waals surface area contributed by atoms with E-state index in [2.05, 4.69) is 19.1 Å². The summed E-state index contributed by atoms with van der Waals surface area (Å²) in [6.45, 7) is 3.26. The normalized spacial score (nSPS) is 41.7. The Kier molecular flexibility index (Phi) is 2.73. The zero-order valence-electron chi connectivity index (χ0n) is 8.70. The monoisotopic (exact) mass is 180 g/mol. The summed E-state index contributed by atoms with van der Waals surface area (Å²) in [4.78, 5) is 0. The van der Waals surface area contributed by atoms with Crippen molar-refractivity contribution in [1.82, 2.24) is 0 Å². The molecule has 0 aliphatic heterocycles. The lowest BCUT2D eigenvalue weighted by molar-refractivity contribution is 0.109. The third kappa shape index (κ3) is 1.54. The van der Waals surface area contributed by atoms with Gasteiger partial charge in [0.15, 0.2) is 0 Å². The van der Waals surface area contributed by atoms with Crippen LogP contribution in [0.15, 0.2) is 12.2 Å². The summed E-state index contributed by atoms with van der Waals surface area (Å²) in [6, 6.07) is 0. The van der Waals surface area contributed by atoms with Gasteiger partial charge in [-0.1, -0.05) is 25.5 Å². The van der Waals surface area contributed by atoms with E-state index in [1.54, 1.807) is 0 Å². The van der Waals surface area contributed by atoms with E-state index in [1.807, 2.05) is 7.11 Å². The summed E-state index contributed by atoms with van der Waals surface area (Å²) in [7, 11) is 1.83. The van der Waals surface area contributed by atoms with Crippen molar-refractivity contribution in [3.8, 4) is 0 Å². The third-order valence-corrected chi connectivity index (χ3v) is 3.78. The Morgan fingerprint density at radius 1 is 1.23 bits per heavy atom. The largest absolute Gasteiger partial charge is 0.384 e. The van der Waals surface area contributed by atoms with Gasteiger partial charge in [-0.05, 0) is 36.5 Å². The lowest BCUT2D eigenvalue weighted by Crippen LogP contribution is -2.23. The molecule has 2 aliphatic carbocycles. The zero-order valence-corrected chi connectivity index (χ0v) is 8.70. The number of allylic oxidation sites excluding steroid dienone is 2. The van der Waals surface area contributed by atoms with Gasteiger partial charge in [0.2, 0.25) is 0 Å². The van der Waals surface area contributed by atoms with Crippen LogP contribution in [0.4, 0.5) is 0 Å². The Labute approximate surface area is 81.2 Å². The van der Waals surface area contributed by atoms with E-state index in [9.17, 15) is 0 Å². The van der Waals surface area contributed by atoms with Crippen LogP contribution in [0.5, 0.6) is 0 Å². The first-order valence-corrected chi connectivity index (χ1v) is 5.54. The Morgan fingerprint density at radius 3 is 2.54 bits per heavy atom. The molecule has 0 aromatic carbocycles. The predicted octanol–water partition coefficient (Wildman–Crippen LogP) is 2.87. The highest BCUT2D eigenvalue weighted by Gasteiger charge is 2.43. The predicted molar refractivity (Wildman–Crippen MR) is 54.5 cm³/mol. The van der Waals surface area contributed by atoms with Gasteiger partial charge in [-0.15, -0.1) is 0 Å². The molecule has 13 heavy (non-hydrogen) atoms. The number of methoxy groups -OCH3 is 1.